The van der Waals surface area contributed by atoms with Crippen molar-refractivity contribution in [1.29, 1.82) is 0 Å². The standard InChI is InChI=1S/C16H22N4O.C8H18N4O2.C7H8BrN/c1-12(21)15(20(2)3)9-6-10-17-16-18-11-13-7-4-5-8-14(13)19-16;1-12(2)6(7(13)14)4-3-5-11-8(9)10;8-7-4-2-1-3-6(7)5-9/h4-5,7-8,11,15H,6,9-10H2,1-3H3,(H,17,18,19);6H,3-5H2,1-2H3,(H,13,14)(H4,9,10,11);1-4H,5,9H2. The van der Waals surface area contributed by atoms with Crippen molar-refractivity contribution in [3.8, 4) is 0 Å². The normalized spacial score (nSPS) is 11.9. The van der Waals surface area contributed by atoms with Crippen molar-refractivity contribution >= 4 is 50.5 Å². The number of fused-ring (bicyclic) bond motifs is 1. The van der Waals surface area contributed by atoms with Gasteiger partial charge in [-0.25, -0.2) is 9.97 Å². The summed E-state index contributed by atoms with van der Waals surface area (Å²) in [6, 6.07) is 15.4. The van der Waals surface area contributed by atoms with Gasteiger partial charge in [0.15, 0.2) is 5.96 Å². The number of carboxylic acid groups (broad SMARTS) is 1. The zero-order valence-electron chi connectivity index (χ0n) is 26.4. The molecule has 2 unspecified atom stereocenters. The first kappa shape index (κ1) is 38.4. The van der Waals surface area contributed by atoms with E-state index in [0.717, 1.165) is 40.3 Å². The van der Waals surface area contributed by atoms with Gasteiger partial charge in [0.25, 0.3) is 0 Å². The van der Waals surface area contributed by atoms with Crippen LogP contribution in [0.15, 0.2) is 64.2 Å². The minimum absolute atomic E-state index is 0.00989. The number of hydrogen-bond donors (Lipinski definition) is 5. The van der Waals surface area contributed by atoms with E-state index in [1.807, 2.05) is 73.7 Å². The molecule has 0 amide bonds. The Labute approximate surface area is 269 Å². The highest BCUT2D eigenvalue weighted by Crippen LogP contribution is 2.14. The molecule has 1 aromatic heterocycles. The number of rotatable bonds is 14. The van der Waals surface area contributed by atoms with Crippen molar-refractivity contribution in [3.05, 3.63) is 64.8 Å². The van der Waals surface area contributed by atoms with E-state index >= 15 is 0 Å². The molecule has 0 saturated carbocycles. The fourth-order valence-electron chi connectivity index (χ4n) is 4.14. The molecule has 0 aliphatic rings. The van der Waals surface area contributed by atoms with Gasteiger partial charge in [0.05, 0.1) is 11.6 Å². The number of hydrogen-bond acceptors (Lipinski definition) is 9. The number of halogens is 1. The molecule has 8 N–H and O–H groups in total. The van der Waals surface area contributed by atoms with E-state index in [1.54, 1.807) is 25.9 Å². The van der Waals surface area contributed by atoms with Crippen LogP contribution in [0.25, 0.3) is 10.9 Å². The van der Waals surface area contributed by atoms with Crippen LogP contribution < -0.4 is 22.5 Å². The van der Waals surface area contributed by atoms with Gasteiger partial charge >= 0.3 is 5.97 Å². The van der Waals surface area contributed by atoms with Crippen LogP contribution in [0.5, 0.6) is 0 Å². The van der Waals surface area contributed by atoms with E-state index < -0.39 is 12.0 Å². The lowest BCUT2D eigenvalue weighted by Crippen LogP contribution is -2.35. The first-order valence-electron chi connectivity index (χ1n) is 14.4. The highest BCUT2D eigenvalue weighted by molar-refractivity contribution is 9.10. The van der Waals surface area contributed by atoms with Crippen molar-refractivity contribution in [2.45, 2.75) is 51.2 Å². The number of carbonyl (C=O) groups is 2. The van der Waals surface area contributed by atoms with Crippen LogP contribution in [-0.2, 0) is 16.1 Å². The maximum Gasteiger partial charge on any atom is 0.320 e. The highest BCUT2D eigenvalue weighted by Gasteiger charge is 2.18. The van der Waals surface area contributed by atoms with E-state index in [-0.39, 0.29) is 17.8 Å². The zero-order valence-corrected chi connectivity index (χ0v) is 28.0. The molecule has 2 atom stereocenters. The summed E-state index contributed by atoms with van der Waals surface area (Å²) in [4.78, 5) is 38.4. The molecular weight excluding hydrogens is 626 g/mol. The molecule has 0 radical (unpaired) electrons. The van der Waals surface area contributed by atoms with Crippen LogP contribution in [0.1, 0.15) is 38.2 Å². The highest BCUT2D eigenvalue weighted by atomic mass is 79.9. The minimum atomic E-state index is -0.820. The van der Waals surface area contributed by atoms with Crippen LogP contribution in [0.3, 0.4) is 0 Å². The molecule has 13 heteroatoms. The first-order valence-corrected chi connectivity index (χ1v) is 15.2. The molecule has 0 saturated heterocycles. The number of nitrogens with zero attached hydrogens (tertiary/aromatic N) is 5. The molecule has 0 bridgehead atoms. The Morgan fingerprint density at radius 3 is 2.14 bits per heavy atom. The number of likely N-dealkylation sites (N-methyl/N-ethyl adjacent to an activating group) is 2. The summed E-state index contributed by atoms with van der Waals surface area (Å²) in [7, 11) is 7.34. The number of benzene rings is 2. The number of para-hydroxylation sites is 1. The predicted octanol–water partition coefficient (Wildman–Crippen LogP) is 3.30. The Bertz CT molecular complexity index is 1320. The SMILES string of the molecule is CC(=O)C(CCCNc1ncc2ccccc2n1)N(C)C.CN(C)C(CCCN=C(N)N)C(=O)O.NCc1ccccc1Br. The third kappa shape index (κ3) is 15.2. The number of ketones is 1. The third-order valence-electron chi connectivity index (χ3n) is 6.54. The lowest BCUT2D eigenvalue weighted by molar-refractivity contribution is -0.142. The second-order valence-electron chi connectivity index (χ2n) is 10.5. The molecule has 242 valence electrons. The summed E-state index contributed by atoms with van der Waals surface area (Å²) in [6.45, 7) is 3.47. The van der Waals surface area contributed by atoms with Gasteiger partial charge < -0.3 is 27.6 Å². The Hall–Kier alpha value is -3.65. The summed E-state index contributed by atoms with van der Waals surface area (Å²) >= 11 is 3.38. The van der Waals surface area contributed by atoms with Gasteiger partial charge in [-0.1, -0.05) is 52.3 Å². The van der Waals surface area contributed by atoms with Gasteiger partial charge in [0.2, 0.25) is 5.95 Å². The number of aliphatic carboxylic acids is 1. The topological polar surface area (TPSA) is 189 Å². The van der Waals surface area contributed by atoms with Crippen molar-refractivity contribution in [3.63, 3.8) is 0 Å². The van der Waals surface area contributed by atoms with Gasteiger partial charge in [-0.3, -0.25) is 24.4 Å². The van der Waals surface area contributed by atoms with Gasteiger partial charge in [-0.15, -0.1) is 0 Å². The van der Waals surface area contributed by atoms with Crippen molar-refractivity contribution in [2.24, 2.45) is 22.2 Å². The molecule has 1 heterocycles. The number of nitrogens with one attached hydrogen (secondary N) is 1. The molecule has 2 aromatic carbocycles. The fraction of sp³-hybridized carbons (Fsp3) is 0.452. The minimum Gasteiger partial charge on any atom is -0.480 e. The second-order valence-corrected chi connectivity index (χ2v) is 11.3. The largest absolute Gasteiger partial charge is 0.480 e. The maximum atomic E-state index is 11.5. The first-order chi connectivity index (χ1) is 20.9. The lowest BCUT2D eigenvalue weighted by Gasteiger charge is -2.21. The molecule has 3 rings (SSSR count). The van der Waals surface area contributed by atoms with Crippen LogP contribution in [0, 0.1) is 0 Å². The maximum absolute atomic E-state index is 11.5. The number of aliphatic imine (C=N–C) groups is 1. The van der Waals surface area contributed by atoms with Gasteiger partial charge in [-0.2, -0.15) is 0 Å². The molecule has 0 aliphatic carbocycles. The summed E-state index contributed by atoms with van der Waals surface area (Å²) in [5.74, 6) is 0.0707. The van der Waals surface area contributed by atoms with Gasteiger partial charge in [-0.05, 0) is 78.5 Å². The summed E-state index contributed by atoms with van der Waals surface area (Å²) in [5, 5.41) is 13.1. The third-order valence-corrected chi connectivity index (χ3v) is 7.31. The molecule has 0 fully saturated rings. The number of carboxylic acids is 1. The number of Topliss-reactive ketones (excluding diaryl/α,β-unsaturated/α-hetero) is 1. The number of anilines is 1. The van der Waals surface area contributed by atoms with E-state index in [1.165, 1.54) is 0 Å². The van der Waals surface area contributed by atoms with Crippen LogP contribution in [0.4, 0.5) is 5.95 Å². The quantitative estimate of drug-likeness (QED) is 0.0959. The van der Waals surface area contributed by atoms with Crippen molar-refractivity contribution in [1.82, 2.24) is 19.8 Å². The van der Waals surface area contributed by atoms with Gasteiger partial charge in [0, 0.05) is 35.7 Å². The predicted molar refractivity (Wildman–Crippen MR) is 182 cm³/mol. The molecule has 44 heavy (non-hydrogen) atoms. The summed E-state index contributed by atoms with van der Waals surface area (Å²) < 4.78 is 1.09. The van der Waals surface area contributed by atoms with Crippen molar-refractivity contribution < 1.29 is 14.7 Å². The lowest BCUT2D eigenvalue weighted by atomic mass is 10.1. The van der Waals surface area contributed by atoms with E-state index in [0.29, 0.717) is 31.9 Å². The van der Waals surface area contributed by atoms with E-state index in [4.69, 9.17) is 22.3 Å². The number of aromatic nitrogens is 2. The van der Waals surface area contributed by atoms with E-state index in [2.05, 4.69) is 36.2 Å². The number of carbonyl (C=O) groups excluding carboxylic acids is 1. The van der Waals surface area contributed by atoms with Gasteiger partial charge in [0.1, 0.15) is 11.8 Å². The zero-order chi connectivity index (χ0) is 33.1. The monoisotopic (exact) mass is 673 g/mol. The van der Waals surface area contributed by atoms with E-state index in [9.17, 15) is 9.59 Å². The summed E-state index contributed by atoms with van der Waals surface area (Å²) in [5.41, 5.74) is 17.8. The Balaban J connectivity index is 0.000000362. The second kappa shape index (κ2) is 21.1. The fourth-order valence-corrected chi connectivity index (χ4v) is 4.58. The summed E-state index contributed by atoms with van der Waals surface area (Å²) in [6.07, 6.45) is 4.76. The Morgan fingerprint density at radius 1 is 0.977 bits per heavy atom. The van der Waals surface area contributed by atoms with Crippen molar-refractivity contribution in [2.75, 3.05) is 46.6 Å². The Morgan fingerprint density at radius 2 is 1.59 bits per heavy atom. The van der Waals surface area contributed by atoms with Crippen LogP contribution in [-0.4, -0.2) is 96.0 Å². The molecule has 0 spiro atoms. The smallest absolute Gasteiger partial charge is 0.320 e. The van der Waals surface area contributed by atoms with Crippen LogP contribution >= 0.6 is 15.9 Å². The van der Waals surface area contributed by atoms with Crippen LogP contribution in [0.2, 0.25) is 0 Å². The number of guanidine groups is 1. The molecular formula is C31H48BrN9O3. The molecule has 12 nitrogen and oxygen atoms in total. The Kier molecular flexibility index (Phi) is 18.4. The number of nitrogens with two attached hydrogens (primary N) is 3. The average Bonchev–Trinajstić information content (AvgIpc) is 2.97. The molecule has 0 aliphatic heterocycles. The molecule has 3 aromatic rings. The average molecular weight is 675 g/mol.